The van der Waals surface area contributed by atoms with Crippen LogP contribution in [0, 0.1) is 6.92 Å². The molecule has 0 saturated heterocycles. The molecule has 0 aliphatic rings. The Balaban J connectivity index is 1.67. The minimum Gasteiger partial charge on any atom is -0.360 e. The molecule has 5 nitrogen and oxygen atoms in total. The number of nitrogens with two attached hydrogens (primary N) is 1. The summed E-state index contributed by atoms with van der Waals surface area (Å²) in [5.74, 6) is 1.04. The molecule has 0 saturated carbocycles. The van der Waals surface area contributed by atoms with Crippen molar-refractivity contribution in [3.63, 3.8) is 0 Å². The summed E-state index contributed by atoms with van der Waals surface area (Å²) in [4.78, 5) is 13.5. The standard InChI is InChI=1S/C20H23N3O2S/c1-3-5-15-7-9-16(10-8-15)20(17-6-4-11-26-17)21-13-19(24)22-18-12-14(2)25-23-18/h4,6-12,20-21H,3,5,13H2,1-2H3,(H,22,23,24)/p+1/t20-/m0/s1. The van der Waals surface area contributed by atoms with Crippen molar-refractivity contribution in [2.45, 2.75) is 32.7 Å². The highest BCUT2D eigenvalue weighted by Crippen LogP contribution is 2.23. The van der Waals surface area contributed by atoms with Gasteiger partial charge in [0, 0.05) is 11.6 Å². The first-order valence-electron chi connectivity index (χ1n) is 8.84. The van der Waals surface area contributed by atoms with Gasteiger partial charge in [0.25, 0.3) is 5.91 Å². The Morgan fingerprint density at radius 1 is 1.31 bits per heavy atom. The molecule has 0 fully saturated rings. The second kappa shape index (κ2) is 8.78. The summed E-state index contributed by atoms with van der Waals surface area (Å²) >= 11 is 1.71. The fourth-order valence-electron chi connectivity index (χ4n) is 2.91. The molecule has 3 rings (SSSR count). The van der Waals surface area contributed by atoms with Gasteiger partial charge in [-0.3, -0.25) is 4.79 Å². The van der Waals surface area contributed by atoms with Crippen molar-refractivity contribution in [3.05, 3.63) is 69.6 Å². The van der Waals surface area contributed by atoms with E-state index in [1.807, 2.05) is 6.07 Å². The Labute approximate surface area is 157 Å². The van der Waals surface area contributed by atoms with E-state index in [1.54, 1.807) is 24.3 Å². The van der Waals surface area contributed by atoms with Gasteiger partial charge in [-0.05, 0) is 30.4 Å². The fourth-order valence-corrected chi connectivity index (χ4v) is 3.76. The predicted octanol–water partition coefficient (Wildman–Crippen LogP) is 3.29. The number of amides is 1. The summed E-state index contributed by atoms with van der Waals surface area (Å²) in [5.41, 5.74) is 2.55. The van der Waals surface area contributed by atoms with Gasteiger partial charge in [-0.15, -0.1) is 11.3 Å². The normalized spacial score (nSPS) is 12.1. The summed E-state index contributed by atoms with van der Waals surface area (Å²) < 4.78 is 4.98. The van der Waals surface area contributed by atoms with Gasteiger partial charge in [0.2, 0.25) is 0 Å². The van der Waals surface area contributed by atoms with E-state index in [9.17, 15) is 4.79 Å². The number of nitrogens with one attached hydrogen (secondary N) is 1. The van der Waals surface area contributed by atoms with Gasteiger partial charge in [0.1, 0.15) is 11.8 Å². The summed E-state index contributed by atoms with van der Waals surface area (Å²) in [6.07, 6.45) is 2.23. The molecule has 26 heavy (non-hydrogen) atoms. The molecule has 136 valence electrons. The topological polar surface area (TPSA) is 71.7 Å². The lowest BCUT2D eigenvalue weighted by atomic mass is 10.0. The van der Waals surface area contributed by atoms with Crippen LogP contribution in [0.4, 0.5) is 5.82 Å². The largest absolute Gasteiger partial charge is 0.360 e. The third kappa shape index (κ3) is 4.80. The number of hydrogen-bond acceptors (Lipinski definition) is 4. The monoisotopic (exact) mass is 370 g/mol. The molecule has 0 aliphatic carbocycles. The van der Waals surface area contributed by atoms with Crippen LogP contribution in [0.15, 0.2) is 52.4 Å². The van der Waals surface area contributed by atoms with E-state index < -0.39 is 0 Å². The SMILES string of the molecule is CCCc1ccc([C@H]([NH2+]CC(=O)Nc2cc(C)on2)c2cccs2)cc1. The molecule has 2 aromatic heterocycles. The number of nitrogens with zero attached hydrogens (tertiary/aromatic N) is 1. The van der Waals surface area contributed by atoms with Gasteiger partial charge in [-0.2, -0.15) is 0 Å². The Morgan fingerprint density at radius 3 is 2.73 bits per heavy atom. The summed E-state index contributed by atoms with van der Waals surface area (Å²) in [6.45, 7) is 4.29. The lowest BCUT2D eigenvalue weighted by Crippen LogP contribution is -2.87. The molecule has 0 aliphatic heterocycles. The van der Waals surface area contributed by atoms with Crippen LogP contribution in [-0.2, 0) is 11.2 Å². The zero-order valence-corrected chi connectivity index (χ0v) is 15.9. The number of quaternary nitrogens is 1. The van der Waals surface area contributed by atoms with Crippen LogP contribution in [0.1, 0.15) is 41.2 Å². The van der Waals surface area contributed by atoms with Crippen molar-refractivity contribution in [1.82, 2.24) is 5.16 Å². The number of carbonyl (C=O) groups excluding carboxylic acids is 1. The number of anilines is 1. The van der Waals surface area contributed by atoms with Crippen molar-refractivity contribution >= 4 is 23.1 Å². The van der Waals surface area contributed by atoms with E-state index in [0.717, 1.165) is 12.8 Å². The van der Waals surface area contributed by atoms with Gasteiger partial charge < -0.3 is 15.2 Å². The van der Waals surface area contributed by atoms with Crippen LogP contribution >= 0.6 is 11.3 Å². The van der Waals surface area contributed by atoms with E-state index >= 15 is 0 Å². The maximum Gasteiger partial charge on any atom is 0.280 e. The Kier molecular flexibility index (Phi) is 6.20. The Morgan fingerprint density at radius 2 is 2.12 bits per heavy atom. The highest BCUT2D eigenvalue weighted by molar-refractivity contribution is 7.10. The van der Waals surface area contributed by atoms with E-state index in [-0.39, 0.29) is 11.9 Å². The maximum absolute atomic E-state index is 12.2. The van der Waals surface area contributed by atoms with E-state index in [1.165, 1.54) is 16.0 Å². The number of aryl methyl sites for hydroxylation is 2. The molecule has 0 radical (unpaired) electrons. The molecule has 2 heterocycles. The summed E-state index contributed by atoms with van der Waals surface area (Å²) in [7, 11) is 0. The lowest BCUT2D eigenvalue weighted by molar-refractivity contribution is -0.675. The second-order valence-electron chi connectivity index (χ2n) is 6.30. The van der Waals surface area contributed by atoms with E-state index in [0.29, 0.717) is 18.1 Å². The third-order valence-electron chi connectivity index (χ3n) is 4.16. The van der Waals surface area contributed by atoms with Gasteiger partial charge >= 0.3 is 0 Å². The molecule has 3 aromatic rings. The third-order valence-corrected chi connectivity index (χ3v) is 5.12. The Bertz CT molecular complexity index is 825. The average molecular weight is 370 g/mol. The van der Waals surface area contributed by atoms with E-state index in [4.69, 9.17) is 4.52 Å². The molecular weight excluding hydrogens is 346 g/mol. The number of rotatable bonds is 8. The second-order valence-corrected chi connectivity index (χ2v) is 7.27. The quantitative estimate of drug-likeness (QED) is 0.639. The Hall–Kier alpha value is -2.44. The van der Waals surface area contributed by atoms with Gasteiger partial charge in [0.15, 0.2) is 12.4 Å². The van der Waals surface area contributed by atoms with Gasteiger partial charge in [-0.25, -0.2) is 0 Å². The van der Waals surface area contributed by atoms with Crippen LogP contribution in [0.25, 0.3) is 0 Å². The lowest BCUT2D eigenvalue weighted by Gasteiger charge is -2.15. The zero-order valence-electron chi connectivity index (χ0n) is 15.1. The highest BCUT2D eigenvalue weighted by atomic mass is 32.1. The van der Waals surface area contributed by atoms with Crippen molar-refractivity contribution in [1.29, 1.82) is 0 Å². The fraction of sp³-hybridized carbons (Fsp3) is 0.300. The maximum atomic E-state index is 12.2. The average Bonchev–Trinajstić information content (AvgIpc) is 3.29. The molecule has 1 atom stereocenters. The highest BCUT2D eigenvalue weighted by Gasteiger charge is 2.20. The van der Waals surface area contributed by atoms with Crippen LogP contribution in [-0.4, -0.2) is 17.6 Å². The van der Waals surface area contributed by atoms with Gasteiger partial charge in [-0.1, -0.05) is 48.8 Å². The number of thiophene rings is 1. The molecule has 1 aromatic carbocycles. The minimum absolute atomic E-state index is 0.0949. The van der Waals surface area contributed by atoms with Crippen LogP contribution in [0.5, 0.6) is 0 Å². The van der Waals surface area contributed by atoms with Crippen LogP contribution in [0.2, 0.25) is 0 Å². The summed E-state index contributed by atoms with van der Waals surface area (Å²) in [5, 5.41) is 10.7. The minimum atomic E-state index is -0.0949. The van der Waals surface area contributed by atoms with Crippen LogP contribution < -0.4 is 10.6 Å². The van der Waals surface area contributed by atoms with Crippen molar-refractivity contribution in [3.8, 4) is 0 Å². The number of carbonyl (C=O) groups is 1. The van der Waals surface area contributed by atoms with Crippen molar-refractivity contribution < 1.29 is 14.6 Å². The number of aromatic nitrogens is 1. The first-order valence-corrected chi connectivity index (χ1v) is 9.72. The molecule has 6 heteroatoms. The van der Waals surface area contributed by atoms with Crippen LogP contribution in [0.3, 0.4) is 0 Å². The number of benzene rings is 1. The smallest absolute Gasteiger partial charge is 0.280 e. The summed E-state index contributed by atoms with van der Waals surface area (Å²) in [6, 6.07) is 14.7. The molecule has 0 bridgehead atoms. The molecule has 0 spiro atoms. The molecule has 0 unspecified atom stereocenters. The molecule has 1 amide bonds. The first kappa shape index (κ1) is 18.4. The first-order chi connectivity index (χ1) is 12.7. The van der Waals surface area contributed by atoms with Gasteiger partial charge in [0.05, 0.1) is 4.88 Å². The molecule has 3 N–H and O–H groups in total. The predicted molar refractivity (Wildman–Crippen MR) is 103 cm³/mol. The van der Waals surface area contributed by atoms with Crippen molar-refractivity contribution in [2.24, 2.45) is 0 Å². The van der Waals surface area contributed by atoms with E-state index in [2.05, 4.69) is 58.4 Å². The number of hydrogen-bond donors (Lipinski definition) is 2. The molecular formula is C20H24N3O2S+. The van der Waals surface area contributed by atoms with Crippen molar-refractivity contribution in [2.75, 3.05) is 11.9 Å². The zero-order chi connectivity index (χ0) is 18.4.